The number of nitrogens with zero attached hydrogens (tertiary/aromatic N) is 2. The van der Waals surface area contributed by atoms with Gasteiger partial charge in [-0.25, -0.2) is 9.97 Å². The van der Waals surface area contributed by atoms with E-state index < -0.39 is 0 Å². The minimum atomic E-state index is 0.789. The third-order valence-electron chi connectivity index (χ3n) is 2.23. The van der Waals surface area contributed by atoms with Crippen LogP contribution in [-0.2, 0) is 0 Å². The summed E-state index contributed by atoms with van der Waals surface area (Å²) in [4.78, 5) is 8.47. The van der Waals surface area contributed by atoms with Gasteiger partial charge in [-0.15, -0.1) is 0 Å². The molecule has 0 aliphatic heterocycles. The number of rotatable bonds is 3. The predicted molar refractivity (Wildman–Crippen MR) is 65.8 cm³/mol. The number of aromatic nitrogens is 2. The van der Waals surface area contributed by atoms with Crippen molar-refractivity contribution in [2.75, 3.05) is 13.4 Å². The zero-order valence-corrected chi connectivity index (χ0v) is 9.99. The summed E-state index contributed by atoms with van der Waals surface area (Å²) >= 11 is 1.54. The predicted octanol–water partition coefficient (Wildman–Crippen LogP) is 2.87. The average molecular weight is 232 g/mol. The van der Waals surface area contributed by atoms with Gasteiger partial charge in [-0.1, -0.05) is 23.9 Å². The Hall–Kier alpha value is -1.55. The van der Waals surface area contributed by atoms with Gasteiger partial charge in [-0.2, -0.15) is 0 Å². The molecule has 0 bridgehead atoms. The minimum absolute atomic E-state index is 0.789. The molecule has 1 aromatic carbocycles. The van der Waals surface area contributed by atoms with Crippen LogP contribution in [0.2, 0.25) is 0 Å². The van der Waals surface area contributed by atoms with Gasteiger partial charge in [-0.05, 0) is 24.0 Å². The maximum atomic E-state index is 5.11. The summed E-state index contributed by atoms with van der Waals surface area (Å²) in [5.74, 6) is 0.852. The van der Waals surface area contributed by atoms with Crippen molar-refractivity contribution < 1.29 is 4.74 Å². The number of hydrogen-bond acceptors (Lipinski definition) is 4. The number of hydrogen-bond donors (Lipinski definition) is 0. The molecule has 0 aliphatic carbocycles. The summed E-state index contributed by atoms with van der Waals surface area (Å²) in [5, 5.41) is 0.789. The normalized spacial score (nSPS) is 10.1. The van der Waals surface area contributed by atoms with E-state index in [4.69, 9.17) is 4.74 Å². The first-order chi connectivity index (χ1) is 7.83. The number of benzene rings is 1. The van der Waals surface area contributed by atoms with Crippen LogP contribution in [-0.4, -0.2) is 23.3 Å². The average Bonchev–Trinajstić information content (AvgIpc) is 2.39. The highest BCUT2D eigenvalue weighted by atomic mass is 32.2. The van der Waals surface area contributed by atoms with Gasteiger partial charge in [-0.3, -0.25) is 0 Å². The van der Waals surface area contributed by atoms with E-state index >= 15 is 0 Å². The highest BCUT2D eigenvalue weighted by Crippen LogP contribution is 2.21. The van der Waals surface area contributed by atoms with Crippen LogP contribution in [0.15, 0.2) is 41.8 Å². The van der Waals surface area contributed by atoms with Crippen LogP contribution in [0.3, 0.4) is 0 Å². The topological polar surface area (TPSA) is 35.0 Å². The smallest absolute Gasteiger partial charge is 0.187 e. The molecule has 0 atom stereocenters. The van der Waals surface area contributed by atoms with Crippen LogP contribution in [0.1, 0.15) is 0 Å². The second kappa shape index (κ2) is 4.99. The van der Waals surface area contributed by atoms with Gasteiger partial charge in [0.1, 0.15) is 5.75 Å². The lowest BCUT2D eigenvalue weighted by Crippen LogP contribution is -1.87. The van der Waals surface area contributed by atoms with Gasteiger partial charge in [0.15, 0.2) is 5.16 Å². The SMILES string of the molecule is COc1ccc(-c2cnc(SC)nc2)cc1. The Morgan fingerprint density at radius 1 is 1.00 bits per heavy atom. The monoisotopic (exact) mass is 232 g/mol. The molecule has 2 aromatic rings. The fraction of sp³-hybridized carbons (Fsp3) is 0.167. The molecule has 0 spiro atoms. The van der Waals surface area contributed by atoms with Crippen LogP contribution in [0.25, 0.3) is 11.1 Å². The largest absolute Gasteiger partial charge is 0.497 e. The van der Waals surface area contributed by atoms with Crippen LogP contribution < -0.4 is 4.74 Å². The fourth-order valence-electron chi connectivity index (χ4n) is 1.35. The van der Waals surface area contributed by atoms with E-state index in [-0.39, 0.29) is 0 Å². The van der Waals surface area contributed by atoms with Crippen molar-refractivity contribution in [2.45, 2.75) is 5.16 Å². The quantitative estimate of drug-likeness (QED) is 0.602. The molecule has 0 fully saturated rings. The summed E-state index contributed by atoms with van der Waals surface area (Å²) in [7, 11) is 1.66. The van der Waals surface area contributed by atoms with Gasteiger partial charge in [0.05, 0.1) is 7.11 Å². The Morgan fingerprint density at radius 2 is 1.62 bits per heavy atom. The molecule has 0 N–H and O–H groups in total. The summed E-state index contributed by atoms with van der Waals surface area (Å²) in [5.41, 5.74) is 2.11. The van der Waals surface area contributed by atoms with Crippen molar-refractivity contribution in [1.82, 2.24) is 9.97 Å². The molecular weight excluding hydrogens is 220 g/mol. The first-order valence-electron chi connectivity index (χ1n) is 4.84. The number of methoxy groups -OCH3 is 1. The van der Waals surface area contributed by atoms with Crippen molar-refractivity contribution in [1.29, 1.82) is 0 Å². The minimum Gasteiger partial charge on any atom is -0.497 e. The van der Waals surface area contributed by atoms with E-state index in [1.165, 1.54) is 11.8 Å². The van der Waals surface area contributed by atoms with E-state index in [2.05, 4.69) is 9.97 Å². The molecule has 0 aliphatic rings. The first kappa shape index (κ1) is 11.0. The van der Waals surface area contributed by atoms with Crippen LogP contribution >= 0.6 is 11.8 Å². The molecule has 0 saturated carbocycles. The maximum absolute atomic E-state index is 5.11. The first-order valence-corrected chi connectivity index (χ1v) is 6.06. The Morgan fingerprint density at radius 3 is 2.12 bits per heavy atom. The van der Waals surface area contributed by atoms with Crippen molar-refractivity contribution in [3.8, 4) is 16.9 Å². The van der Waals surface area contributed by atoms with Crippen molar-refractivity contribution in [3.05, 3.63) is 36.7 Å². The van der Waals surface area contributed by atoms with Gasteiger partial charge in [0.25, 0.3) is 0 Å². The van der Waals surface area contributed by atoms with Crippen LogP contribution in [0.4, 0.5) is 0 Å². The second-order valence-electron chi connectivity index (χ2n) is 3.19. The zero-order chi connectivity index (χ0) is 11.4. The van der Waals surface area contributed by atoms with Crippen molar-refractivity contribution in [3.63, 3.8) is 0 Å². The lowest BCUT2D eigenvalue weighted by atomic mass is 10.1. The standard InChI is InChI=1S/C12H12N2OS/c1-15-11-5-3-9(4-6-11)10-7-13-12(16-2)14-8-10/h3-8H,1-2H3. The van der Waals surface area contributed by atoms with E-state index in [1.54, 1.807) is 7.11 Å². The fourth-order valence-corrected chi connectivity index (χ4v) is 1.67. The molecule has 3 nitrogen and oxygen atoms in total. The van der Waals surface area contributed by atoms with Gasteiger partial charge >= 0.3 is 0 Å². The molecule has 0 radical (unpaired) electrons. The van der Waals surface area contributed by atoms with Crippen LogP contribution in [0.5, 0.6) is 5.75 Å². The highest BCUT2D eigenvalue weighted by molar-refractivity contribution is 7.98. The summed E-state index contributed by atoms with van der Waals surface area (Å²) in [6.07, 6.45) is 5.63. The van der Waals surface area contributed by atoms with Crippen molar-refractivity contribution >= 4 is 11.8 Å². The van der Waals surface area contributed by atoms with Crippen molar-refractivity contribution in [2.24, 2.45) is 0 Å². The Bertz CT molecular complexity index is 408. The third-order valence-corrected chi connectivity index (χ3v) is 2.81. The van der Waals surface area contributed by atoms with Crippen LogP contribution in [0, 0.1) is 0 Å². The van der Waals surface area contributed by atoms with E-state index in [1.807, 2.05) is 42.9 Å². The molecule has 4 heteroatoms. The number of ether oxygens (including phenoxy) is 1. The molecule has 0 amide bonds. The summed E-state index contributed by atoms with van der Waals surface area (Å²) in [6.45, 7) is 0. The molecule has 0 saturated heterocycles. The Labute approximate surface area is 98.9 Å². The highest BCUT2D eigenvalue weighted by Gasteiger charge is 2.00. The second-order valence-corrected chi connectivity index (χ2v) is 3.96. The molecule has 2 rings (SSSR count). The molecule has 16 heavy (non-hydrogen) atoms. The Kier molecular flexibility index (Phi) is 3.41. The summed E-state index contributed by atoms with van der Waals surface area (Å²) < 4.78 is 5.11. The molecule has 0 unspecified atom stereocenters. The van der Waals surface area contributed by atoms with E-state index in [0.29, 0.717) is 0 Å². The number of thioether (sulfide) groups is 1. The zero-order valence-electron chi connectivity index (χ0n) is 9.18. The lowest BCUT2D eigenvalue weighted by molar-refractivity contribution is 0.415. The van der Waals surface area contributed by atoms with E-state index in [9.17, 15) is 0 Å². The van der Waals surface area contributed by atoms with Gasteiger partial charge in [0, 0.05) is 18.0 Å². The third kappa shape index (κ3) is 2.33. The maximum Gasteiger partial charge on any atom is 0.187 e. The summed E-state index contributed by atoms with van der Waals surface area (Å²) in [6, 6.07) is 7.85. The molecule has 1 aromatic heterocycles. The molecule has 1 heterocycles. The lowest BCUT2D eigenvalue weighted by Gasteiger charge is -2.03. The van der Waals surface area contributed by atoms with E-state index in [0.717, 1.165) is 22.0 Å². The Balaban J connectivity index is 2.28. The molecular formula is C12H12N2OS. The van der Waals surface area contributed by atoms with Gasteiger partial charge in [0.2, 0.25) is 0 Å². The van der Waals surface area contributed by atoms with Gasteiger partial charge < -0.3 is 4.74 Å². The molecule has 82 valence electrons.